The van der Waals surface area contributed by atoms with Gasteiger partial charge in [0.05, 0.1) is 15.4 Å². The van der Waals surface area contributed by atoms with Gasteiger partial charge in [0, 0.05) is 5.56 Å². The van der Waals surface area contributed by atoms with Gasteiger partial charge in [-0.25, -0.2) is 0 Å². The standard InChI is InChI=1S/C33H56O2S2/c1-3-5-7-9-11-13-15-17-19-21-25-33(35,26-22-20-18-16-14-12-10-8-6-4-2)29-23-27-36-31(29)32-30(34)24-28-37-32/h23-24,27-28,34-35H,3-22,25-26H2,1-2H3. The Hall–Kier alpha value is -0.840. The number of hydrogen-bond acceptors (Lipinski definition) is 4. The molecule has 0 aliphatic heterocycles. The highest BCUT2D eigenvalue weighted by molar-refractivity contribution is 7.20. The Labute approximate surface area is 236 Å². The first-order valence-electron chi connectivity index (χ1n) is 15.7. The van der Waals surface area contributed by atoms with Crippen molar-refractivity contribution in [1.82, 2.24) is 0 Å². The van der Waals surface area contributed by atoms with Crippen LogP contribution in [0.2, 0.25) is 0 Å². The molecule has 2 N–H and O–H groups in total. The van der Waals surface area contributed by atoms with Crippen molar-refractivity contribution in [3.05, 3.63) is 28.5 Å². The molecule has 0 aliphatic carbocycles. The molecule has 2 heterocycles. The van der Waals surface area contributed by atoms with E-state index in [2.05, 4.69) is 25.3 Å². The average molecular weight is 549 g/mol. The second-order valence-electron chi connectivity index (χ2n) is 11.2. The SMILES string of the molecule is CCCCCCCCCCCCC(O)(CCCCCCCCCCCC)c1ccsc1-c1sccc1O. The topological polar surface area (TPSA) is 40.5 Å². The van der Waals surface area contributed by atoms with E-state index in [0.717, 1.165) is 41.0 Å². The van der Waals surface area contributed by atoms with Gasteiger partial charge < -0.3 is 10.2 Å². The summed E-state index contributed by atoms with van der Waals surface area (Å²) in [4.78, 5) is 1.98. The minimum absolute atomic E-state index is 0.342. The number of aromatic hydroxyl groups is 1. The van der Waals surface area contributed by atoms with Crippen LogP contribution in [0.25, 0.3) is 9.75 Å². The van der Waals surface area contributed by atoms with Gasteiger partial charge in [0.25, 0.3) is 0 Å². The third kappa shape index (κ3) is 12.7. The molecule has 0 saturated heterocycles. The quantitative estimate of drug-likeness (QED) is 0.128. The lowest BCUT2D eigenvalue weighted by Crippen LogP contribution is -2.26. The van der Waals surface area contributed by atoms with Crippen LogP contribution in [0.1, 0.15) is 161 Å². The molecule has 4 heteroatoms. The third-order valence-corrected chi connectivity index (χ3v) is 9.89. The summed E-state index contributed by atoms with van der Waals surface area (Å²) < 4.78 is 0. The molecule has 0 amide bonds. The van der Waals surface area contributed by atoms with Crippen molar-refractivity contribution in [2.75, 3.05) is 0 Å². The Morgan fingerprint density at radius 1 is 0.541 bits per heavy atom. The van der Waals surface area contributed by atoms with E-state index >= 15 is 0 Å². The minimum atomic E-state index is -0.786. The minimum Gasteiger partial charge on any atom is -0.506 e. The first kappa shape index (κ1) is 32.4. The van der Waals surface area contributed by atoms with Crippen molar-refractivity contribution in [1.29, 1.82) is 0 Å². The van der Waals surface area contributed by atoms with Gasteiger partial charge >= 0.3 is 0 Å². The number of rotatable bonds is 24. The van der Waals surface area contributed by atoms with Gasteiger partial charge in [0.1, 0.15) is 5.75 Å². The first-order chi connectivity index (χ1) is 18.1. The summed E-state index contributed by atoms with van der Waals surface area (Å²) in [5.41, 5.74) is 0.258. The van der Waals surface area contributed by atoms with Crippen LogP contribution in [0.5, 0.6) is 5.75 Å². The Kier molecular flexibility index (Phi) is 17.6. The molecule has 212 valence electrons. The van der Waals surface area contributed by atoms with Crippen LogP contribution in [-0.2, 0) is 5.60 Å². The highest BCUT2D eigenvalue weighted by Crippen LogP contribution is 2.46. The molecule has 0 atom stereocenters. The molecule has 0 spiro atoms. The Morgan fingerprint density at radius 3 is 1.32 bits per heavy atom. The van der Waals surface area contributed by atoms with E-state index in [9.17, 15) is 10.2 Å². The lowest BCUT2D eigenvalue weighted by Gasteiger charge is -2.29. The molecule has 0 unspecified atom stereocenters. The fourth-order valence-corrected chi connectivity index (χ4v) is 7.49. The first-order valence-corrected chi connectivity index (χ1v) is 17.5. The van der Waals surface area contributed by atoms with Crippen molar-refractivity contribution in [3.8, 4) is 15.5 Å². The predicted molar refractivity (Wildman–Crippen MR) is 166 cm³/mol. The molecule has 0 radical (unpaired) electrons. The number of aliphatic hydroxyl groups is 1. The molecule has 2 aromatic heterocycles. The third-order valence-electron chi connectivity index (χ3n) is 7.91. The maximum absolute atomic E-state index is 12.0. The molecular formula is C33H56O2S2. The second kappa shape index (κ2) is 20.1. The summed E-state index contributed by atoms with van der Waals surface area (Å²) in [5, 5.41) is 26.4. The van der Waals surface area contributed by atoms with Crippen LogP contribution < -0.4 is 0 Å². The summed E-state index contributed by atoms with van der Waals surface area (Å²) in [6.07, 6.45) is 27.9. The van der Waals surface area contributed by atoms with Crippen molar-refractivity contribution < 1.29 is 10.2 Å². The fraction of sp³-hybridized carbons (Fsp3) is 0.758. The number of thiophene rings is 2. The molecule has 2 rings (SSSR count). The lowest BCUT2D eigenvalue weighted by atomic mass is 9.83. The van der Waals surface area contributed by atoms with Gasteiger partial charge in [-0.15, -0.1) is 22.7 Å². The average Bonchev–Trinajstić information content (AvgIpc) is 3.55. The molecule has 0 fully saturated rings. The van der Waals surface area contributed by atoms with Crippen molar-refractivity contribution in [2.45, 2.75) is 161 Å². The maximum Gasteiger partial charge on any atom is 0.135 e. The van der Waals surface area contributed by atoms with Gasteiger partial charge in [-0.2, -0.15) is 0 Å². The monoisotopic (exact) mass is 548 g/mol. The smallest absolute Gasteiger partial charge is 0.135 e. The van der Waals surface area contributed by atoms with Crippen LogP contribution in [0.3, 0.4) is 0 Å². The zero-order valence-electron chi connectivity index (χ0n) is 24.1. The van der Waals surface area contributed by atoms with Crippen LogP contribution in [0, 0.1) is 0 Å². The van der Waals surface area contributed by atoms with E-state index in [4.69, 9.17) is 0 Å². The van der Waals surface area contributed by atoms with Crippen LogP contribution >= 0.6 is 22.7 Å². The van der Waals surface area contributed by atoms with Gasteiger partial charge in [-0.05, 0) is 35.7 Å². The van der Waals surface area contributed by atoms with Crippen molar-refractivity contribution in [3.63, 3.8) is 0 Å². The van der Waals surface area contributed by atoms with E-state index in [0.29, 0.717) is 5.75 Å². The molecule has 2 nitrogen and oxygen atoms in total. The van der Waals surface area contributed by atoms with Gasteiger partial charge in [-0.3, -0.25) is 0 Å². The largest absolute Gasteiger partial charge is 0.506 e. The van der Waals surface area contributed by atoms with E-state index in [1.165, 1.54) is 116 Å². The molecule has 0 aliphatic rings. The van der Waals surface area contributed by atoms with E-state index in [1.54, 1.807) is 28.7 Å². The Balaban J connectivity index is 1.81. The summed E-state index contributed by atoms with van der Waals surface area (Å²) in [6, 6.07) is 3.89. The predicted octanol–water partition coefficient (Wildman–Crippen LogP) is 12.0. The number of unbranched alkanes of at least 4 members (excludes halogenated alkanes) is 18. The zero-order valence-corrected chi connectivity index (χ0v) is 25.7. The summed E-state index contributed by atoms with van der Waals surface area (Å²) >= 11 is 3.23. The van der Waals surface area contributed by atoms with E-state index in [1.807, 2.05) is 5.38 Å². The summed E-state index contributed by atoms with van der Waals surface area (Å²) in [7, 11) is 0. The van der Waals surface area contributed by atoms with Crippen molar-refractivity contribution >= 4 is 22.7 Å². The molecule has 0 aromatic carbocycles. The van der Waals surface area contributed by atoms with Gasteiger partial charge in [-0.1, -0.05) is 142 Å². The molecule has 0 saturated carbocycles. The Morgan fingerprint density at radius 2 is 0.919 bits per heavy atom. The maximum atomic E-state index is 12.0. The molecule has 0 bridgehead atoms. The van der Waals surface area contributed by atoms with Crippen LogP contribution in [0.15, 0.2) is 22.9 Å². The normalized spacial score (nSPS) is 12.0. The lowest BCUT2D eigenvalue weighted by molar-refractivity contribution is 0.0141. The summed E-state index contributed by atoms with van der Waals surface area (Å²) in [6.45, 7) is 4.56. The van der Waals surface area contributed by atoms with Crippen molar-refractivity contribution in [2.24, 2.45) is 0 Å². The molecular weight excluding hydrogens is 492 g/mol. The second-order valence-corrected chi connectivity index (χ2v) is 13.0. The highest BCUT2D eigenvalue weighted by Gasteiger charge is 2.32. The summed E-state index contributed by atoms with van der Waals surface area (Å²) in [5.74, 6) is 0.342. The van der Waals surface area contributed by atoms with Crippen LogP contribution in [-0.4, -0.2) is 10.2 Å². The van der Waals surface area contributed by atoms with Gasteiger partial charge in [0.2, 0.25) is 0 Å². The Bertz CT molecular complexity index is 770. The molecule has 2 aromatic rings. The van der Waals surface area contributed by atoms with Gasteiger partial charge in [0.15, 0.2) is 0 Å². The van der Waals surface area contributed by atoms with Crippen LogP contribution in [0.4, 0.5) is 0 Å². The van der Waals surface area contributed by atoms with E-state index < -0.39 is 5.60 Å². The fourth-order valence-electron chi connectivity index (χ4n) is 5.53. The molecule has 37 heavy (non-hydrogen) atoms. The highest BCUT2D eigenvalue weighted by atomic mass is 32.1. The zero-order chi connectivity index (χ0) is 26.6. The van der Waals surface area contributed by atoms with E-state index in [-0.39, 0.29) is 0 Å². The number of hydrogen-bond donors (Lipinski definition) is 2.